The summed E-state index contributed by atoms with van der Waals surface area (Å²) in [7, 11) is 3.38. The van der Waals surface area contributed by atoms with E-state index in [4.69, 9.17) is 14.2 Å². The average Bonchev–Trinajstić information content (AvgIpc) is 3.44. The predicted molar refractivity (Wildman–Crippen MR) is 173 cm³/mol. The molecule has 0 fully saturated rings. The van der Waals surface area contributed by atoms with E-state index < -0.39 is 5.60 Å². The molecule has 6 aromatic carbocycles. The highest BCUT2D eigenvalue weighted by atomic mass is 16.5. The van der Waals surface area contributed by atoms with Crippen molar-refractivity contribution in [2.45, 2.75) is 11.5 Å². The summed E-state index contributed by atoms with van der Waals surface area (Å²) in [6.45, 7) is 0. The molecule has 0 amide bonds. The molecule has 3 nitrogen and oxygen atoms in total. The van der Waals surface area contributed by atoms with Crippen LogP contribution in [0.25, 0.3) is 28.0 Å². The van der Waals surface area contributed by atoms with Gasteiger partial charge in [0.2, 0.25) is 0 Å². The third kappa shape index (κ3) is 3.81. The first-order valence-corrected chi connectivity index (χ1v) is 14.6. The van der Waals surface area contributed by atoms with Crippen LogP contribution in [0.5, 0.6) is 17.2 Å². The Kier molecular flexibility index (Phi) is 5.87. The molecule has 2 aliphatic rings. The maximum atomic E-state index is 7.36. The summed E-state index contributed by atoms with van der Waals surface area (Å²) in [5.41, 5.74) is 8.81. The fraction of sp³-hybridized carbons (Fsp3) is 0.100. The summed E-state index contributed by atoms with van der Waals surface area (Å²) in [6, 6.07) is 44.7. The lowest BCUT2D eigenvalue weighted by molar-refractivity contribution is 0.163. The number of ether oxygens (including phenoxy) is 3. The highest BCUT2D eigenvalue weighted by molar-refractivity contribution is 6.06. The van der Waals surface area contributed by atoms with Gasteiger partial charge in [-0.2, -0.15) is 0 Å². The van der Waals surface area contributed by atoms with Gasteiger partial charge < -0.3 is 14.2 Å². The van der Waals surface area contributed by atoms with Crippen molar-refractivity contribution in [3.05, 3.63) is 167 Å². The summed E-state index contributed by atoms with van der Waals surface area (Å²) in [4.78, 5) is 0. The van der Waals surface area contributed by atoms with Crippen molar-refractivity contribution in [1.82, 2.24) is 0 Å². The molecular formula is C40H30O3. The van der Waals surface area contributed by atoms with Crippen LogP contribution in [0.2, 0.25) is 0 Å². The lowest BCUT2D eigenvalue weighted by Gasteiger charge is -2.37. The molecule has 1 aliphatic carbocycles. The fourth-order valence-electron chi connectivity index (χ4n) is 6.99. The average molecular weight is 559 g/mol. The Labute approximate surface area is 251 Å². The molecule has 0 N–H and O–H groups in total. The van der Waals surface area contributed by atoms with Crippen molar-refractivity contribution < 1.29 is 14.2 Å². The zero-order valence-corrected chi connectivity index (χ0v) is 24.1. The van der Waals surface area contributed by atoms with Crippen LogP contribution in [0.15, 0.2) is 133 Å². The molecular weight excluding hydrogens is 528 g/mol. The highest BCUT2D eigenvalue weighted by Crippen LogP contribution is 2.57. The quantitative estimate of drug-likeness (QED) is 0.211. The normalized spacial score (nSPS) is 15.7. The lowest BCUT2D eigenvalue weighted by atomic mass is 9.81. The fourth-order valence-corrected chi connectivity index (χ4v) is 6.99. The topological polar surface area (TPSA) is 27.7 Å². The molecule has 1 aliphatic heterocycles. The van der Waals surface area contributed by atoms with Crippen molar-refractivity contribution >= 4 is 16.8 Å². The molecule has 0 aromatic heterocycles. The first-order chi connectivity index (χ1) is 21.2. The van der Waals surface area contributed by atoms with Crippen LogP contribution in [0, 0.1) is 0 Å². The monoisotopic (exact) mass is 558 g/mol. The lowest BCUT2D eigenvalue weighted by Crippen LogP contribution is -2.34. The van der Waals surface area contributed by atoms with E-state index in [1.807, 2.05) is 24.3 Å². The number of methoxy groups -OCH3 is 2. The number of hydrogen-bond acceptors (Lipinski definition) is 3. The summed E-state index contributed by atoms with van der Waals surface area (Å²) in [5.74, 6) is 2.65. The number of benzene rings is 6. The van der Waals surface area contributed by atoms with E-state index in [0.717, 1.165) is 39.3 Å². The molecule has 0 saturated carbocycles. The van der Waals surface area contributed by atoms with Crippen LogP contribution in [0.3, 0.4) is 0 Å². The number of hydrogen-bond donors (Lipinski definition) is 0. The second kappa shape index (κ2) is 9.92. The van der Waals surface area contributed by atoms with Crippen LogP contribution in [0.4, 0.5) is 0 Å². The molecule has 0 saturated heterocycles. The van der Waals surface area contributed by atoms with Crippen molar-refractivity contribution in [3.8, 4) is 28.4 Å². The second-order valence-corrected chi connectivity index (χ2v) is 11.1. The van der Waals surface area contributed by atoms with E-state index in [1.165, 1.54) is 33.2 Å². The van der Waals surface area contributed by atoms with Crippen molar-refractivity contribution in [2.24, 2.45) is 0 Å². The summed E-state index contributed by atoms with van der Waals surface area (Å²) in [6.07, 6.45) is 4.50. The molecule has 1 heterocycles. The van der Waals surface area contributed by atoms with E-state index in [1.54, 1.807) is 14.2 Å². The molecule has 0 spiro atoms. The first kappa shape index (κ1) is 25.4. The summed E-state index contributed by atoms with van der Waals surface area (Å²) in [5, 5.41) is 2.33. The van der Waals surface area contributed by atoms with E-state index >= 15 is 0 Å². The maximum Gasteiger partial charge on any atom is 0.178 e. The van der Waals surface area contributed by atoms with Gasteiger partial charge in [0.1, 0.15) is 17.2 Å². The molecule has 1 atom stereocenters. The molecule has 43 heavy (non-hydrogen) atoms. The van der Waals surface area contributed by atoms with E-state index in [9.17, 15) is 0 Å². The molecule has 8 rings (SSSR count). The Balaban J connectivity index is 1.42. The number of fused-ring (bicyclic) bond motifs is 8. The van der Waals surface area contributed by atoms with Crippen LogP contribution in [-0.2, 0) is 5.60 Å². The minimum absolute atomic E-state index is 0.144. The van der Waals surface area contributed by atoms with Crippen LogP contribution < -0.4 is 14.2 Å². The van der Waals surface area contributed by atoms with Gasteiger partial charge in [-0.25, -0.2) is 0 Å². The van der Waals surface area contributed by atoms with Gasteiger partial charge in [-0.05, 0) is 69.6 Å². The minimum Gasteiger partial charge on any atom is -0.497 e. The Bertz CT molecular complexity index is 1960. The Hall–Kier alpha value is -5.28. The van der Waals surface area contributed by atoms with Gasteiger partial charge in [0.15, 0.2) is 5.60 Å². The standard InChI is InChI=1S/C40H30O3/c1-41-29-20-16-27(17-21-29)40(28-18-22-30(42-2)23-19-28)25-24-35-37-32-13-7-6-12-31(32)36(26-10-4-3-5-11-26)38(37)33-14-8-9-15-34(33)39(35)43-40/h3-25,36H,1-2H3. The van der Waals surface area contributed by atoms with Gasteiger partial charge in [0.05, 0.1) is 14.2 Å². The van der Waals surface area contributed by atoms with E-state index in [2.05, 4.69) is 115 Å². The zero-order valence-electron chi connectivity index (χ0n) is 24.1. The molecule has 6 aromatic rings. The Morgan fingerprint density at radius 3 is 1.84 bits per heavy atom. The predicted octanol–water partition coefficient (Wildman–Crippen LogP) is 9.37. The molecule has 3 heteroatoms. The molecule has 0 bridgehead atoms. The van der Waals surface area contributed by atoms with Crippen LogP contribution in [-0.4, -0.2) is 14.2 Å². The SMILES string of the molecule is COc1ccc(C2(c3ccc(OC)cc3)C=Cc3c4c(c5ccccc5c3O2)C(c2ccccc2)c2ccccc2-4)cc1. The van der Waals surface area contributed by atoms with Gasteiger partial charge in [-0.1, -0.05) is 103 Å². The summed E-state index contributed by atoms with van der Waals surface area (Å²) >= 11 is 0. The Morgan fingerprint density at radius 2 is 1.19 bits per heavy atom. The number of rotatable bonds is 5. The smallest absolute Gasteiger partial charge is 0.178 e. The molecule has 208 valence electrons. The second-order valence-electron chi connectivity index (χ2n) is 11.1. The van der Waals surface area contributed by atoms with Crippen molar-refractivity contribution in [1.29, 1.82) is 0 Å². The Morgan fingerprint density at radius 1 is 0.605 bits per heavy atom. The third-order valence-electron chi connectivity index (χ3n) is 8.99. The maximum absolute atomic E-state index is 7.36. The van der Waals surface area contributed by atoms with Gasteiger partial charge in [-0.15, -0.1) is 0 Å². The van der Waals surface area contributed by atoms with Crippen molar-refractivity contribution in [3.63, 3.8) is 0 Å². The molecule has 0 radical (unpaired) electrons. The largest absolute Gasteiger partial charge is 0.497 e. The molecule has 1 unspecified atom stereocenters. The zero-order chi connectivity index (χ0) is 29.0. The van der Waals surface area contributed by atoms with Crippen LogP contribution in [0.1, 0.15) is 39.3 Å². The van der Waals surface area contributed by atoms with E-state index in [-0.39, 0.29) is 5.92 Å². The minimum atomic E-state index is -0.848. The van der Waals surface area contributed by atoms with Gasteiger partial charge >= 0.3 is 0 Å². The van der Waals surface area contributed by atoms with Gasteiger partial charge in [0.25, 0.3) is 0 Å². The van der Waals surface area contributed by atoms with Crippen LogP contribution >= 0.6 is 0 Å². The summed E-state index contributed by atoms with van der Waals surface area (Å²) < 4.78 is 18.4. The van der Waals surface area contributed by atoms with E-state index in [0.29, 0.717) is 0 Å². The van der Waals surface area contributed by atoms with Crippen molar-refractivity contribution in [2.75, 3.05) is 14.2 Å². The first-order valence-electron chi connectivity index (χ1n) is 14.6. The van der Waals surface area contributed by atoms with Gasteiger partial charge in [0, 0.05) is 28.0 Å². The third-order valence-corrected chi connectivity index (χ3v) is 8.99. The van der Waals surface area contributed by atoms with Gasteiger partial charge in [-0.3, -0.25) is 0 Å². The highest BCUT2D eigenvalue weighted by Gasteiger charge is 2.41.